The van der Waals surface area contributed by atoms with Crippen LogP contribution >= 0.6 is 0 Å². The molecule has 0 spiro atoms. The van der Waals surface area contributed by atoms with Crippen LogP contribution in [-0.4, -0.2) is 183 Å². The van der Waals surface area contributed by atoms with E-state index < -0.39 is 88.9 Å². The molecule has 0 aromatic heterocycles. The first-order valence-corrected chi connectivity index (χ1v) is 39.0. The van der Waals surface area contributed by atoms with Gasteiger partial charge in [-0.05, 0) is 169 Å². The van der Waals surface area contributed by atoms with E-state index in [1.165, 1.54) is 0 Å². The van der Waals surface area contributed by atoms with Crippen molar-refractivity contribution in [2.45, 2.75) is 191 Å². The van der Waals surface area contributed by atoms with Gasteiger partial charge in [0, 0.05) is 56.1 Å². The molecule has 612 valence electrons. The average Bonchev–Trinajstić information content (AvgIpc) is 1.65. The molecule has 7 N–H and O–H groups in total. The largest absolute Gasteiger partial charge is 0.497 e. The quantitative estimate of drug-likeness (QED) is 0.0197. The topological polar surface area (TPSA) is 366 Å². The molecule has 0 aliphatic carbocycles. The van der Waals surface area contributed by atoms with E-state index in [-0.39, 0.29) is 84.0 Å². The molecule has 5 saturated heterocycles. The van der Waals surface area contributed by atoms with Crippen LogP contribution in [0.25, 0.3) is 0 Å². The van der Waals surface area contributed by atoms with E-state index >= 15 is 0 Å². The first-order valence-electron chi connectivity index (χ1n) is 39.0. The van der Waals surface area contributed by atoms with Crippen LogP contribution in [0.1, 0.15) is 127 Å². The number of ether oxygens (including phenoxy) is 8. The summed E-state index contributed by atoms with van der Waals surface area (Å²) in [7, 11) is 4.76. The number of epoxide rings is 3. The molecule has 0 saturated carbocycles. The van der Waals surface area contributed by atoms with E-state index in [0.717, 1.165) is 52.0 Å². The van der Waals surface area contributed by atoms with Crippen LogP contribution in [0.5, 0.6) is 17.2 Å². The molecule has 0 bridgehead atoms. The van der Waals surface area contributed by atoms with Gasteiger partial charge in [0.2, 0.25) is 23.6 Å². The summed E-state index contributed by atoms with van der Waals surface area (Å²) in [5, 5.41) is 19.8. The van der Waals surface area contributed by atoms with E-state index in [4.69, 9.17) is 48.7 Å². The third-order valence-corrected chi connectivity index (χ3v) is 20.8. The average molecular weight is 1570 g/mol. The van der Waals surface area contributed by atoms with Gasteiger partial charge in [0.15, 0.2) is 29.2 Å². The number of benzene rings is 6. The zero-order valence-electron chi connectivity index (χ0n) is 66.9. The van der Waals surface area contributed by atoms with Crippen molar-refractivity contribution in [3.8, 4) is 17.2 Å². The minimum absolute atomic E-state index is 0.00442. The highest BCUT2D eigenvalue weighted by atomic mass is 16.6. The highest BCUT2D eigenvalue weighted by Gasteiger charge is 2.52. The number of carboxylic acids is 1. The molecule has 114 heavy (non-hydrogen) atoms. The Bertz CT molecular complexity index is 4010. The Balaban J connectivity index is 0.000000204. The lowest BCUT2D eigenvalue weighted by Crippen LogP contribution is -2.50. The van der Waals surface area contributed by atoms with Crippen molar-refractivity contribution < 1.29 is 95.7 Å². The van der Waals surface area contributed by atoms with E-state index in [2.05, 4.69) is 21.3 Å². The predicted octanol–water partition coefficient (Wildman–Crippen LogP) is 8.63. The molecular formula is C89H111N5O20. The van der Waals surface area contributed by atoms with Crippen LogP contribution in [0.4, 0.5) is 0 Å². The standard InChI is InChI=1S/C31H38N2O7.C27H33NO5.C26H32N2O5.C5H8O3/c1-20(32-30(37)27-10-7-15-39-27)26(34)18-23(16-22-11-13-24(38-3)14-12-22)29(36)33-25(28(35)31(2)19-40-31)17-21-8-5-4-6-9-21;1-18(2)24(29)16-21(14-20-10-12-22(32-4)13-11-20)26(31)28-23(25(30)27(3)17-33-27)15-19-8-6-5-7-9-19;1-17(27)23(29)15-20(13-19-9-11-21(32-3)12-10-19)25(31)28-22(24(30)26(2)16-33-26)14-18-7-5-4-6-8-18;6-5(7)4-2-1-3-8-4/h4-6,8-9,11-14,20,23,25,27H,7,10,15-19H2,1-3H3,(H,32,37)(H,33,36);5-13,18,21,23H,14-17H2,1-4H3,(H,28,31);4-12,17,20,22H,13-16,27H2,1-3H3,(H,28,31);4H,1-3H2,(H,6,7)/t20-,23+,25-,27+,31+;21-,23+,27-;17-,20+,22-,26+;4-/m0101/s1. The van der Waals surface area contributed by atoms with E-state index in [9.17, 15) is 52.7 Å². The molecule has 4 amide bonds. The van der Waals surface area contributed by atoms with Crippen molar-refractivity contribution in [2.24, 2.45) is 29.4 Å². The Morgan fingerprint density at radius 3 is 0.956 bits per heavy atom. The molecule has 5 aliphatic heterocycles. The van der Waals surface area contributed by atoms with E-state index in [1.807, 2.05) is 166 Å². The maximum atomic E-state index is 13.7. The van der Waals surface area contributed by atoms with Gasteiger partial charge >= 0.3 is 5.97 Å². The molecule has 11 rings (SSSR count). The van der Waals surface area contributed by atoms with Gasteiger partial charge in [-0.25, -0.2) is 4.79 Å². The second kappa shape index (κ2) is 42.8. The number of nitrogens with two attached hydrogens (primary N) is 1. The molecule has 5 aliphatic rings. The maximum Gasteiger partial charge on any atom is 0.332 e. The number of aliphatic carboxylic acids is 1. The number of amides is 4. The number of carbonyl (C=O) groups excluding carboxylic acids is 10. The molecule has 5 heterocycles. The maximum absolute atomic E-state index is 13.7. The second-order valence-electron chi connectivity index (χ2n) is 30.7. The monoisotopic (exact) mass is 1570 g/mol. The van der Waals surface area contributed by atoms with Crippen LogP contribution in [0.2, 0.25) is 0 Å². The lowest BCUT2D eigenvalue weighted by Gasteiger charge is -2.24. The molecule has 6 aromatic carbocycles. The number of hydrogen-bond acceptors (Lipinski definition) is 20. The van der Waals surface area contributed by atoms with Gasteiger partial charge in [0.1, 0.15) is 51.7 Å². The van der Waals surface area contributed by atoms with Crippen molar-refractivity contribution in [1.29, 1.82) is 0 Å². The number of methoxy groups -OCH3 is 3. The third-order valence-electron chi connectivity index (χ3n) is 20.8. The molecular weight excluding hydrogens is 1460 g/mol. The van der Waals surface area contributed by atoms with Gasteiger partial charge in [-0.3, -0.25) is 47.9 Å². The Morgan fingerprint density at radius 1 is 0.412 bits per heavy atom. The summed E-state index contributed by atoms with van der Waals surface area (Å²) >= 11 is 0. The van der Waals surface area contributed by atoms with E-state index in [1.54, 1.807) is 68.1 Å². The molecule has 25 heteroatoms. The van der Waals surface area contributed by atoms with Crippen LogP contribution < -0.4 is 41.2 Å². The number of carboxylic acid groups (broad SMARTS) is 1. The summed E-state index contributed by atoms with van der Waals surface area (Å²) < 4.78 is 42.0. The van der Waals surface area contributed by atoms with Gasteiger partial charge in [0.05, 0.1) is 71.4 Å². The van der Waals surface area contributed by atoms with Crippen molar-refractivity contribution in [3.05, 3.63) is 197 Å². The number of Topliss-reactive ketones (excluding diaryl/α,β-unsaturated/α-hetero) is 6. The Morgan fingerprint density at radius 2 is 0.702 bits per heavy atom. The number of nitrogens with one attached hydrogen (secondary N) is 4. The fourth-order valence-electron chi connectivity index (χ4n) is 13.1. The van der Waals surface area contributed by atoms with Crippen molar-refractivity contribution in [1.82, 2.24) is 21.3 Å². The number of carbonyl (C=O) groups is 11. The normalized spacial score (nSPS) is 20.9. The smallest absolute Gasteiger partial charge is 0.332 e. The van der Waals surface area contributed by atoms with Gasteiger partial charge in [0.25, 0.3) is 0 Å². The Kier molecular flexibility index (Phi) is 33.6. The minimum Gasteiger partial charge on any atom is -0.497 e. The number of rotatable bonds is 39. The zero-order chi connectivity index (χ0) is 82.7. The summed E-state index contributed by atoms with van der Waals surface area (Å²) in [4.78, 5) is 141. The van der Waals surface area contributed by atoms with Crippen molar-refractivity contribution in [2.75, 3.05) is 54.4 Å². The minimum atomic E-state index is -0.921. The third kappa shape index (κ3) is 27.9. The fraction of sp³-hybridized carbons (Fsp3) is 0.472. The molecule has 0 unspecified atom stereocenters. The van der Waals surface area contributed by atoms with Crippen LogP contribution in [0.15, 0.2) is 164 Å². The fourth-order valence-corrected chi connectivity index (χ4v) is 13.1. The molecule has 0 radical (unpaired) electrons. The number of ketones is 6. The number of hydrogen-bond donors (Lipinski definition) is 6. The Labute approximate surface area is 667 Å². The lowest BCUT2D eigenvalue weighted by atomic mass is 9.89. The summed E-state index contributed by atoms with van der Waals surface area (Å²) in [6.07, 6.45) is 3.96. The van der Waals surface area contributed by atoms with Gasteiger partial charge in [-0.1, -0.05) is 141 Å². The highest BCUT2D eigenvalue weighted by Crippen LogP contribution is 2.33. The lowest BCUT2D eigenvalue weighted by molar-refractivity contribution is -0.147. The van der Waals surface area contributed by atoms with Crippen LogP contribution in [0.3, 0.4) is 0 Å². The molecule has 6 aromatic rings. The van der Waals surface area contributed by atoms with E-state index in [0.29, 0.717) is 89.5 Å². The van der Waals surface area contributed by atoms with Crippen LogP contribution in [-0.2, 0) is 115 Å². The zero-order valence-corrected chi connectivity index (χ0v) is 66.9. The Hall–Kier alpha value is -10.2. The summed E-state index contributed by atoms with van der Waals surface area (Å²) in [6.45, 7) is 14.2. The van der Waals surface area contributed by atoms with Crippen molar-refractivity contribution >= 4 is 64.3 Å². The predicted molar refractivity (Wildman–Crippen MR) is 425 cm³/mol. The first kappa shape index (κ1) is 89.4. The highest BCUT2D eigenvalue weighted by molar-refractivity contribution is 6.00. The van der Waals surface area contributed by atoms with Crippen LogP contribution in [0, 0.1) is 23.7 Å². The SMILES string of the molecule is COc1ccc(C[C@H](CC(=O)C(C)C)C(=O)N[C@@H](Cc2ccccc2)C(=O)[C@@]2(C)CO2)cc1.COc1ccc(C[C@H](CC(=O)[C@H](C)N)C(=O)N[C@@H](Cc2ccccc2)C(=O)[C@@]2(C)CO2)cc1.COc1ccc(C[C@H](CC(=O)[C@H](C)NC(=O)[C@H]2CCCO2)C(=O)N[C@@H](Cc2ccccc2)C(=O)[C@@]2(C)CO2)cc1.O=C(O)[C@H]1CCCO1. The first-order chi connectivity index (χ1) is 54.4. The summed E-state index contributed by atoms with van der Waals surface area (Å²) in [5.41, 5.74) is 8.55. The van der Waals surface area contributed by atoms with Gasteiger partial charge in [-0.15, -0.1) is 0 Å². The molecule has 13 atom stereocenters. The molecule has 5 fully saturated rings. The van der Waals surface area contributed by atoms with Gasteiger partial charge < -0.3 is 70.0 Å². The summed E-state index contributed by atoms with van der Waals surface area (Å²) in [6, 6.07) is 46.9. The van der Waals surface area contributed by atoms with Crippen molar-refractivity contribution in [3.63, 3.8) is 0 Å². The second-order valence-corrected chi connectivity index (χ2v) is 30.7. The van der Waals surface area contributed by atoms with Gasteiger partial charge in [-0.2, -0.15) is 0 Å². The molecule has 25 nitrogen and oxygen atoms in total. The summed E-state index contributed by atoms with van der Waals surface area (Å²) in [5.74, 6) is -3.21.